The first-order valence-corrected chi connectivity index (χ1v) is 9.16. The number of Topliss-reactive ketones (excluding diaryl/α,β-unsaturated/α-hetero) is 2. The minimum atomic E-state index is -0.497. The van der Waals surface area contributed by atoms with Gasteiger partial charge in [-0.25, -0.2) is 4.39 Å². The highest BCUT2D eigenvalue weighted by atomic mass is 32.2. The molecule has 1 N–H and O–H groups in total. The highest BCUT2D eigenvalue weighted by molar-refractivity contribution is 8.00. The Morgan fingerprint density at radius 1 is 1.19 bits per heavy atom. The number of nitrogens with one attached hydrogen (secondary N) is 1. The molecule has 0 saturated heterocycles. The van der Waals surface area contributed by atoms with Crippen LogP contribution in [0, 0.1) is 19.7 Å². The number of hydrogen-bond donors (Lipinski definition) is 1. The lowest BCUT2D eigenvalue weighted by Crippen LogP contribution is -2.15. The summed E-state index contributed by atoms with van der Waals surface area (Å²) in [5.41, 5.74) is 2.88. The number of benzene rings is 1. The van der Waals surface area contributed by atoms with Gasteiger partial charge in [0.05, 0.1) is 10.9 Å². The molecule has 8 heteroatoms. The molecular weight excluding hydrogens is 369 g/mol. The number of carbonyl (C=O) groups is 2. The van der Waals surface area contributed by atoms with Gasteiger partial charge in [0.2, 0.25) is 5.89 Å². The van der Waals surface area contributed by atoms with Crippen LogP contribution in [0.3, 0.4) is 0 Å². The molecule has 2 heterocycles. The first-order valence-electron chi connectivity index (χ1n) is 8.28. The quantitative estimate of drug-likeness (QED) is 0.498. The zero-order valence-electron chi connectivity index (χ0n) is 15.3. The van der Waals surface area contributed by atoms with Gasteiger partial charge in [-0.3, -0.25) is 9.59 Å². The van der Waals surface area contributed by atoms with Gasteiger partial charge < -0.3 is 9.40 Å². The van der Waals surface area contributed by atoms with Crippen LogP contribution in [-0.2, 0) is 0 Å². The summed E-state index contributed by atoms with van der Waals surface area (Å²) in [5, 5.41) is 7.62. The average Bonchev–Trinajstić information content (AvgIpc) is 3.19. The molecule has 0 fully saturated rings. The first kappa shape index (κ1) is 19.0. The van der Waals surface area contributed by atoms with Crippen molar-refractivity contribution in [3.8, 4) is 11.5 Å². The van der Waals surface area contributed by atoms with Crippen molar-refractivity contribution in [1.82, 2.24) is 15.2 Å². The molecule has 0 radical (unpaired) electrons. The lowest BCUT2D eigenvalue weighted by Gasteiger charge is -2.07. The molecule has 0 saturated carbocycles. The molecule has 3 aromatic rings. The molecule has 0 spiro atoms. The fraction of sp³-hybridized carbons (Fsp3) is 0.263. The van der Waals surface area contributed by atoms with Crippen LogP contribution in [0.2, 0.25) is 0 Å². The lowest BCUT2D eigenvalue weighted by molar-refractivity contribution is 0.0988. The van der Waals surface area contributed by atoms with E-state index in [2.05, 4.69) is 15.2 Å². The summed E-state index contributed by atoms with van der Waals surface area (Å²) in [6.07, 6.45) is 0. The Balaban J connectivity index is 1.77. The highest BCUT2D eigenvalue weighted by Crippen LogP contribution is 2.29. The van der Waals surface area contributed by atoms with E-state index >= 15 is 0 Å². The molecule has 3 rings (SSSR count). The number of aromatic nitrogens is 3. The molecule has 0 aliphatic carbocycles. The summed E-state index contributed by atoms with van der Waals surface area (Å²) in [7, 11) is 0. The molecule has 0 amide bonds. The van der Waals surface area contributed by atoms with Crippen LogP contribution >= 0.6 is 11.8 Å². The Morgan fingerprint density at radius 2 is 1.85 bits per heavy atom. The van der Waals surface area contributed by atoms with Crippen molar-refractivity contribution < 1.29 is 18.4 Å². The van der Waals surface area contributed by atoms with Crippen molar-refractivity contribution in [3.05, 3.63) is 52.6 Å². The Labute approximate surface area is 159 Å². The fourth-order valence-corrected chi connectivity index (χ4v) is 3.64. The number of ketones is 2. The van der Waals surface area contributed by atoms with Crippen LogP contribution in [0.1, 0.15) is 46.0 Å². The van der Waals surface area contributed by atoms with Crippen LogP contribution in [0.4, 0.5) is 4.39 Å². The SMILES string of the molecule is CC(=O)c1c(C)[nH]c(C(=O)[C@H](C)Sc2nnc(-c3ccc(F)cc3)o2)c1C. The Hall–Kier alpha value is -2.74. The van der Waals surface area contributed by atoms with Gasteiger partial charge in [0.1, 0.15) is 5.82 Å². The molecule has 140 valence electrons. The molecule has 1 atom stereocenters. The molecule has 27 heavy (non-hydrogen) atoms. The van der Waals surface area contributed by atoms with E-state index in [1.54, 1.807) is 32.9 Å². The second-order valence-electron chi connectivity index (χ2n) is 6.19. The van der Waals surface area contributed by atoms with Crippen LogP contribution in [0.5, 0.6) is 0 Å². The fourth-order valence-electron chi connectivity index (χ4n) is 2.90. The molecule has 0 bridgehead atoms. The summed E-state index contributed by atoms with van der Waals surface area (Å²) in [5.74, 6) is -0.340. The minimum absolute atomic E-state index is 0.0820. The lowest BCUT2D eigenvalue weighted by atomic mass is 10.0. The summed E-state index contributed by atoms with van der Waals surface area (Å²) in [4.78, 5) is 27.5. The number of aryl methyl sites for hydroxylation is 1. The van der Waals surface area contributed by atoms with Gasteiger partial charge in [0, 0.05) is 16.8 Å². The van der Waals surface area contributed by atoms with Crippen molar-refractivity contribution in [2.75, 3.05) is 0 Å². The maximum atomic E-state index is 13.0. The summed E-state index contributed by atoms with van der Waals surface area (Å²) >= 11 is 1.13. The van der Waals surface area contributed by atoms with E-state index in [1.165, 1.54) is 19.1 Å². The average molecular weight is 387 g/mol. The maximum Gasteiger partial charge on any atom is 0.277 e. The van der Waals surface area contributed by atoms with Crippen LogP contribution in [0.15, 0.2) is 33.9 Å². The zero-order chi connectivity index (χ0) is 19.7. The largest absolute Gasteiger partial charge is 0.411 e. The van der Waals surface area contributed by atoms with Gasteiger partial charge in [-0.2, -0.15) is 0 Å². The second-order valence-corrected chi connectivity index (χ2v) is 7.48. The number of H-pyrrole nitrogens is 1. The molecule has 0 aliphatic heterocycles. The van der Waals surface area contributed by atoms with E-state index < -0.39 is 5.25 Å². The van der Waals surface area contributed by atoms with Crippen molar-refractivity contribution in [2.45, 2.75) is 38.2 Å². The second kappa shape index (κ2) is 7.48. The number of rotatable bonds is 6. The summed E-state index contributed by atoms with van der Waals surface area (Å²) in [6.45, 7) is 6.73. The van der Waals surface area contributed by atoms with E-state index in [9.17, 15) is 14.0 Å². The highest BCUT2D eigenvalue weighted by Gasteiger charge is 2.25. The third-order valence-electron chi connectivity index (χ3n) is 4.18. The van der Waals surface area contributed by atoms with Crippen molar-refractivity contribution in [1.29, 1.82) is 0 Å². The first-order chi connectivity index (χ1) is 12.8. The zero-order valence-corrected chi connectivity index (χ0v) is 16.1. The molecule has 2 aromatic heterocycles. The number of aromatic amines is 1. The smallest absolute Gasteiger partial charge is 0.277 e. The van der Waals surface area contributed by atoms with E-state index in [0.717, 1.165) is 11.8 Å². The van der Waals surface area contributed by atoms with Gasteiger partial charge in [0.25, 0.3) is 5.22 Å². The van der Waals surface area contributed by atoms with Crippen LogP contribution in [-0.4, -0.2) is 32.0 Å². The topological polar surface area (TPSA) is 88.9 Å². The van der Waals surface area contributed by atoms with Crippen LogP contribution in [0.25, 0.3) is 11.5 Å². The van der Waals surface area contributed by atoms with Crippen molar-refractivity contribution in [2.24, 2.45) is 0 Å². The monoisotopic (exact) mass is 387 g/mol. The van der Waals surface area contributed by atoms with Gasteiger partial charge in [-0.15, -0.1) is 10.2 Å². The van der Waals surface area contributed by atoms with Crippen molar-refractivity contribution in [3.63, 3.8) is 0 Å². The molecule has 0 aliphatic rings. The van der Waals surface area contributed by atoms with Crippen molar-refractivity contribution >= 4 is 23.3 Å². The summed E-state index contributed by atoms with van der Waals surface area (Å²) in [6, 6.07) is 5.70. The number of hydrogen-bond acceptors (Lipinski definition) is 6. The maximum absolute atomic E-state index is 13.0. The van der Waals surface area contributed by atoms with Gasteiger partial charge in [0.15, 0.2) is 11.6 Å². The number of nitrogens with zero attached hydrogens (tertiary/aromatic N) is 2. The third-order valence-corrected chi connectivity index (χ3v) is 5.11. The Morgan fingerprint density at radius 3 is 2.44 bits per heavy atom. The van der Waals surface area contributed by atoms with E-state index in [4.69, 9.17) is 4.42 Å². The number of carbonyl (C=O) groups excluding carboxylic acids is 2. The molecular formula is C19H18FN3O3S. The minimum Gasteiger partial charge on any atom is -0.411 e. The summed E-state index contributed by atoms with van der Waals surface area (Å²) < 4.78 is 18.6. The Kier molecular flexibility index (Phi) is 5.27. The normalized spacial score (nSPS) is 12.2. The van der Waals surface area contributed by atoms with E-state index in [0.29, 0.717) is 28.1 Å². The van der Waals surface area contributed by atoms with Crippen LogP contribution < -0.4 is 0 Å². The standard InChI is InChI=1S/C19H18FN3O3S/c1-9-15(11(3)24)10(2)21-16(9)17(25)12(4)27-19-23-22-18(26-19)13-5-7-14(20)8-6-13/h5-8,12,21H,1-4H3/t12-/m0/s1. The predicted octanol–water partition coefficient (Wildman–Crippen LogP) is 4.39. The molecule has 1 aromatic carbocycles. The van der Waals surface area contributed by atoms with Gasteiger partial charge in [-0.1, -0.05) is 11.8 Å². The van der Waals surface area contributed by atoms with E-state index in [1.807, 2.05) is 0 Å². The Bertz CT molecular complexity index is 1010. The predicted molar refractivity (Wildman–Crippen MR) is 99.6 cm³/mol. The van der Waals surface area contributed by atoms with E-state index in [-0.39, 0.29) is 28.5 Å². The van der Waals surface area contributed by atoms with Gasteiger partial charge >= 0.3 is 0 Å². The molecule has 6 nitrogen and oxygen atoms in total. The third kappa shape index (κ3) is 3.85. The number of thioether (sulfide) groups is 1. The van der Waals surface area contributed by atoms with Gasteiger partial charge in [-0.05, 0) is 57.5 Å². The molecule has 0 unspecified atom stereocenters. The number of halogens is 1.